The molecule has 2 aliphatic rings. The van der Waals surface area contributed by atoms with Crippen molar-refractivity contribution in [3.8, 4) is 33.8 Å². The molecule has 0 amide bonds. The third kappa shape index (κ3) is 5.15. The fourth-order valence-electron chi connectivity index (χ4n) is 9.97. The van der Waals surface area contributed by atoms with E-state index in [0.717, 1.165) is 45.5 Å². The summed E-state index contributed by atoms with van der Waals surface area (Å²) in [6, 6.07) is 74.9. The lowest BCUT2D eigenvalue weighted by molar-refractivity contribution is 0.472. The Labute approximate surface area is 350 Å². The molecular formula is C57H40N2O. The van der Waals surface area contributed by atoms with E-state index in [-0.39, 0.29) is 5.41 Å². The Balaban J connectivity index is 1.04. The minimum absolute atomic E-state index is 0.311. The first-order chi connectivity index (χ1) is 29.5. The van der Waals surface area contributed by atoms with Gasteiger partial charge < -0.3 is 14.5 Å². The molecule has 60 heavy (non-hydrogen) atoms. The van der Waals surface area contributed by atoms with Gasteiger partial charge in [0.15, 0.2) is 11.5 Å². The summed E-state index contributed by atoms with van der Waals surface area (Å²) in [5, 5.41) is 7.28. The number of ether oxygens (including phenoxy) is 1. The van der Waals surface area contributed by atoms with Crippen LogP contribution in [-0.2, 0) is 5.41 Å². The lowest BCUT2D eigenvalue weighted by atomic mass is 9.70. The number of hydrogen-bond donors (Lipinski definition) is 0. The van der Waals surface area contributed by atoms with Gasteiger partial charge in [-0.1, -0.05) is 172 Å². The number of rotatable bonds is 5. The van der Waals surface area contributed by atoms with E-state index in [0.29, 0.717) is 0 Å². The summed E-state index contributed by atoms with van der Waals surface area (Å²) in [7, 11) is 0. The highest BCUT2D eigenvalue weighted by Gasteiger charge is 2.43. The van der Waals surface area contributed by atoms with Gasteiger partial charge in [0, 0.05) is 27.6 Å². The van der Waals surface area contributed by atoms with Gasteiger partial charge in [-0.25, -0.2) is 0 Å². The molecule has 12 rings (SSSR count). The average molecular weight is 769 g/mol. The molecule has 0 saturated carbocycles. The maximum Gasteiger partial charge on any atom is 0.152 e. The molecule has 0 radical (unpaired) electrons. The summed E-state index contributed by atoms with van der Waals surface area (Å²) in [5.74, 6) is 1.75. The van der Waals surface area contributed by atoms with E-state index in [9.17, 15) is 0 Å². The van der Waals surface area contributed by atoms with E-state index in [1.165, 1.54) is 65.8 Å². The lowest BCUT2D eigenvalue weighted by Crippen LogP contribution is -2.33. The van der Waals surface area contributed by atoms with Crippen molar-refractivity contribution >= 4 is 66.4 Å². The highest BCUT2D eigenvalue weighted by atomic mass is 16.5. The Kier molecular flexibility index (Phi) is 7.58. The Morgan fingerprint density at radius 3 is 1.77 bits per heavy atom. The quantitative estimate of drug-likeness (QED) is 0.162. The maximum absolute atomic E-state index is 6.83. The number of nitrogens with zero attached hydrogens (tertiary/aromatic N) is 2. The van der Waals surface area contributed by atoms with Crippen LogP contribution >= 0.6 is 0 Å². The first kappa shape index (κ1) is 34.4. The first-order valence-corrected chi connectivity index (χ1v) is 20.8. The van der Waals surface area contributed by atoms with Crippen LogP contribution < -0.4 is 14.5 Å². The molecule has 0 unspecified atom stereocenters. The first-order valence-electron chi connectivity index (χ1n) is 20.8. The second-order valence-corrected chi connectivity index (χ2v) is 16.5. The normalized spacial score (nSPS) is 13.4. The fraction of sp³-hybridized carbons (Fsp3) is 0.0526. The molecule has 10 aromatic rings. The average Bonchev–Trinajstić information content (AvgIpc) is 3.31. The van der Waals surface area contributed by atoms with Crippen LogP contribution in [0.1, 0.15) is 25.0 Å². The van der Waals surface area contributed by atoms with E-state index in [1.54, 1.807) is 0 Å². The Hall–Kier alpha value is -7.62. The van der Waals surface area contributed by atoms with Gasteiger partial charge in [0.05, 0.1) is 22.7 Å². The SMILES string of the molecule is CC1(C)c2ccccc2N2c3c(ccc(-c4ccc(N(c5ccc(-c6ccccc6)cc5)c5cc6ccccc6c6ccccc56)cc4)c31)Oc1ccc3ccccc3c12. The van der Waals surface area contributed by atoms with Crippen LogP contribution in [0.5, 0.6) is 11.5 Å². The van der Waals surface area contributed by atoms with Crippen LogP contribution in [0, 0.1) is 0 Å². The molecule has 0 aliphatic carbocycles. The molecule has 0 bridgehead atoms. The van der Waals surface area contributed by atoms with Gasteiger partial charge in [-0.05, 0) is 103 Å². The minimum atomic E-state index is -0.311. The number of hydrogen-bond acceptors (Lipinski definition) is 3. The van der Waals surface area contributed by atoms with Crippen LogP contribution in [0.15, 0.2) is 206 Å². The van der Waals surface area contributed by atoms with Crippen LogP contribution in [0.2, 0.25) is 0 Å². The summed E-state index contributed by atoms with van der Waals surface area (Å²) >= 11 is 0. The zero-order valence-corrected chi connectivity index (χ0v) is 33.4. The van der Waals surface area contributed by atoms with Crippen molar-refractivity contribution in [1.82, 2.24) is 0 Å². The summed E-state index contributed by atoms with van der Waals surface area (Å²) in [6.45, 7) is 4.72. The lowest BCUT2D eigenvalue weighted by Gasteiger charge is -2.46. The second kappa shape index (κ2) is 13.2. The zero-order chi connectivity index (χ0) is 40.0. The number of fused-ring (bicyclic) bond motifs is 9. The monoisotopic (exact) mass is 768 g/mol. The largest absolute Gasteiger partial charge is 0.453 e. The summed E-state index contributed by atoms with van der Waals surface area (Å²) in [5.41, 5.74) is 13.7. The van der Waals surface area contributed by atoms with E-state index >= 15 is 0 Å². The number of benzene rings is 10. The third-order valence-electron chi connectivity index (χ3n) is 12.8. The summed E-state index contributed by atoms with van der Waals surface area (Å²) < 4.78 is 6.83. The predicted molar refractivity (Wildman–Crippen MR) is 251 cm³/mol. The molecule has 0 aromatic heterocycles. The van der Waals surface area contributed by atoms with Crippen molar-refractivity contribution in [2.45, 2.75) is 19.3 Å². The van der Waals surface area contributed by atoms with Crippen LogP contribution in [-0.4, -0.2) is 0 Å². The maximum atomic E-state index is 6.83. The Morgan fingerprint density at radius 1 is 0.433 bits per heavy atom. The van der Waals surface area contributed by atoms with Crippen molar-refractivity contribution in [3.63, 3.8) is 0 Å². The molecule has 10 aromatic carbocycles. The highest BCUT2D eigenvalue weighted by Crippen LogP contribution is 2.63. The molecule has 3 nitrogen and oxygen atoms in total. The predicted octanol–water partition coefficient (Wildman–Crippen LogP) is 16.2. The van der Waals surface area contributed by atoms with Gasteiger partial charge in [-0.2, -0.15) is 0 Å². The smallest absolute Gasteiger partial charge is 0.152 e. The standard InChI is InChI=1S/C57H40N2O/c1-57(2)49-22-12-13-23-50(49)59-55-46-19-9-6-16-39(46)28-34-52(55)60-53-35-33-45(54(57)56(53)59)40-26-31-43(32-27-40)58(42-29-24-38(25-30-42)37-14-4-3-5-15-37)51-36-41-17-7-8-18-44(41)47-20-10-11-21-48(47)51/h3-36H,1-2H3. The van der Waals surface area contributed by atoms with Gasteiger partial charge in [-0.3, -0.25) is 0 Å². The van der Waals surface area contributed by atoms with Gasteiger partial charge in [-0.15, -0.1) is 0 Å². The molecule has 3 heteroatoms. The van der Waals surface area contributed by atoms with Crippen molar-refractivity contribution in [2.24, 2.45) is 0 Å². The van der Waals surface area contributed by atoms with E-state index in [4.69, 9.17) is 4.74 Å². The fourth-order valence-corrected chi connectivity index (χ4v) is 9.97. The van der Waals surface area contributed by atoms with E-state index in [2.05, 4.69) is 230 Å². The molecule has 0 fully saturated rings. The topological polar surface area (TPSA) is 15.7 Å². The van der Waals surface area contributed by atoms with Gasteiger partial charge >= 0.3 is 0 Å². The molecule has 0 spiro atoms. The number of anilines is 6. The molecule has 284 valence electrons. The van der Waals surface area contributed by atoms with Gasteiger partial charge in [0.2, 0.25) is 0 Å². The highest BCUT2D eigenvalue weighted by molar-refractivity contribution is 6.15. The van der Waals surface area contributed by atoms with Gasteiger partial charge in [0.1, 0.15) is 0 Å². The summed E-state index contributed by atoms with van der Waals surface area (Å²) in [6.07, 6.45) is 0. The molecular weight excluding hydrogens is 729 g/mol. The Bertz CT molecular complexity index is 3310. The molecule has 0 atom stereocenters. The zero-order valence-electron chi connectivity index (χ0n) is 33.4. The van der Waals surface area contributed by atoms with Crippen molar-refractivity contribution in [2.75, 3.05) is 9.80 Å². The van der Waals surface area contributed by atoms with Crippen LogP contribution in [0.25, 0.3) is 54.6 Å². The van der Waals surface area contributed by atoms with Crippen LogP contribution in [0.4, 0.5) is 34.1 Å². The van der Waals surface area contributed by atoms with Gasteiger partial charge in [0.25, 0.3) is 0 Å². The molecule has 2 heterocycles. The van der Waals surface area contributed by atoms with Crippen molar-refractivity contribution in [3.05, 3.63) is 217 Å². The molecule has 0 N–H and O–H groups in total. The van der Waals surface area contributed by atoms with Crippen molar-refractivity contribution < 1.29 is 4.74 Å². The third-order valence-corrected chi connectivity index (χ3v) is 12.8. The van der Waals surface area contributed by atoms with E-state index < -0.39 is 0 Å². The molecule has 0 saturated heterocycles. The van der Waals surface area contributed by atoms with Crippen LogP contribution in [0.3, 0.4) is 0 Å². The van der Waals surface area contributed by atoms with Crippen molar-refractivity contribution in [1.29, 1.82) is 0 Å². The summed E-state index contributed by atoms with van der Waals surface area (Å²) in [4.78, 5) is 4.89. The Morgan fingerprint density at radius 2 is 1.00 bits per heavy atom. The molecule has 2 aliphatic heterocycles. The second-order valence-electron chi connectivity index (χ2n) is 16.5. The number of para-hydroxylation sites is 1. The van der Waals surface area contributed by atoms with E-state index in [1.807, 2.05) is 0 Å². The minimum Gasteiger partial charge on any atom is -0.453 e.